The number of hydrogen-bond acceptors (Lipinski definition) is 6. The number of nitro benzene ring substituents is 1. The van der Waals surface area contributed by atoms with Crippen LogP contribution in [0.1, 0.15) is 5.56 Å². The van der Waals surface area contributed by atoms with Crippen molar-refractivity contribution >= 4 is 28.8 Å². The van der Waals surface area contributed by atoms with Gasteiger partial charge in [-0.1, -0.05) is 12.1 Å². The second-order valence-electron chi connectivity index (χ2n) is 5.92. The number of amides is 2. The van der Waals surface area contributed by atoms with Crippen LogP contribution in [0.2, 0.25) is 0 Å². The minimum absolute atomic E-state index is 0.0530. The highest BCUT2D eigenvalue weighted by Gasteiger charge is 2.38. The molecule has 3 rings (SSSR count). The molecule has 8 heteroatoms. The number of imide groups is 1. The maximum absolute atomic E-state index is 12.8. The number of benzene rings is 2. The number of nitro groups is 1. The van der Waals surface area contributed by atoms with E-state index in [0.29, 0.717) is 17.0 Å². The van der Waals surface area contributed by atoms with Gasteiger partial charge in [-0.05, 0) is 29.8 Å². The van der Waals surface area contributed by atoms with E-state index in [1.54, 1.807) is 24.3 Å². The molecule has 0 saturated carbocycles. The summed E-state index contributed by atoms with van der Waals surface area (Å²) in [5, 5.41) is 13.9. The van der Waals surface area contributed by atoms with Gasteiger partial charge in [0.05, 0.1) is 17.6 Å². The van der Waals surface area contributed by atoms with E-state index < -0.39 is 16.7 Å². The van der Waals surface area contributed by atoms with Gasteiger partial charge in [-0.15, -0.1) is 6.58 Å². The van der Waals surface area contributed by atoms with Gasteiger partial charge in [0.2, 0.25) is 0 Å². The van der Waals surface area contributed by atoms with Crippen molar-refractivity contribution < 1.29 is 19.2 Å². The normalized spacial score (nSPS) is 13.7. The van der Waals surface area contributed by atoms with Gasteiger partial charge in [-0.3, -0.25) is 24.6 Å². The lowest BCUT2D eigenvalue weighted by Crippen LogP contribution is -2.32. The summed E-state index contributed by atoms with van der Waals surface area (Å²) < 4.78 is 5.18. The Kier molecular flexibility index (Phi) is 5.21. The Morgan fingerprint density at radius 3 is 2.50 bits per heavy atom. The highest BCUT2D eigenvalue weighted by Crippen LogP contribution is 2.32. The molecule has 142 valence electrons. The van der Waals surface area contributed by atoms with E-state index in [1.807, 2.05) is 0 Å². The zero-order valence-corrected chi connectivity index (χ0v) is 15.0. The Morgan fingerprint density at radius 1 is 1.18 bits per heavy atom. The Morgan fingerprint density at radius 2 is 1.89 bits per heavy atom. The highest BCUT2D eigenvalue weighted by molar-refractivity contribution is 6.36. The number of nitrogens with zero attached hydrogens (tertiary/aromatic N) is 2. The lowest BCUT2D eigenvalue weighted by Gasteiger charge is -2.12. The predicted molar refractivity (Wildman–Crippen MR) is 104 cm³/mol. The third-order valence-electron chi connectivity index (χ3n) is 4.19. The zero-order chi connectivity index (χ0) is 20.3. The van der Waals surface area contributed by atoms with Crippen molar-refractivity contribution in [1.29, 1.82) is 0 Å². The van der Waals surface area contributed by atoms with Gasteiger partial charge >= 0.3 is 0 Å². The summed E-state index contributed by atoms with van der Waals surface area (Å²) in [6.07, 6.45) is 1.46. The quantitative estimate of drug-likeness (QED) is 0.343. The van der Waals surface area contributed by atoms with Crippen molar-refractivity contribution in [2.24, 2.45) is 0 Å². The van der Waals surface area contributed by atoms with Crippen molar-refractivity contribution in [2.75, 3.05) is 19.0 Å². The molecule has 0 atom stereocenters. The van der Waals surface area contributed by atoms with Gasteiger partial charge in [0.1, 0.15) is 11.4 Å². The van der Waals surface area contributed by atoms with Crippen LogP contribution in [-0.2, 0) is 9.59 Å². The first-order chi connectivity index (χ1) is 13.5. The maximum Gasteiger partial charge on any atom is 0.278 e. The molecule has 28 heavy (non-hydrogen) atoms. The fourth-order valence-electron chi connectivity index (χ4n) is 2.85. The molecule has 2 amide bonds. The summed E-state index contributed by atoms with van der Waals surface area (Å²) in [5.74, 6) is -0.410. The van der Waals surface area contributed by atoms with Crippen LogP contribution >= 0.6 is 0 Å². The standard InChI is InChI=1S/C20H17N3O5/c1-3-11-22-19(24)17(13-7-9-15(10-8-13)23(26)27)18(20(22)25)21-14-5-4-6-16(12-14)28-2/h3-10,12,21H,1,11H2,2H3. The molecular weight excluding hydrogens is 362 g/mol. The van der Waals surface area contributed by atoms with Gasteiger partial charge in [0.15, 0.2) is 0 Å². The van der Waals surface area contributed by atoms with Gasteiger partial charge in [0, 0.05) is 30.4 Å². The smallest absolute Gasteiger partial charge is 0.278 e. The second kappa shape index (κ2) is 7.75. The minimum Gasteiger partial charge on any atom is -0.497 e. The SMILES string of the molecule is C=CCN1C(=O)C(Nc2cccc(OC)c2)=C(c2ccc([N+](=O)[O-])cc2)C1=O. The molecule has 1 N–H and O–H groups in total. The first kappa shape index (κ1) is 18.8. The lowest BCUT2D eigenvalue weighted by molar-refractivity contribution is -0.384. The second-order valence-corrected chi connectivity index (χ2v) is 5.92. The molecule has 1 aliphatic heterocycles. The number of carbonyl (C=O) groups is 2. The van der Waals surface area contributed by atoms with Crippen LogP contribution in [0.25, 0.3) is 5.57 Å². The van der Waals surface area contributed by atoms with Crippen LogP contribution in [0.15, 0.2) is 66.9 Å². The number of nitrogens with one attached hydrogen (secondary N) is 1. The monoisotopic (exact) mass is 379 g/mol. The Bertz CT molecular complexity index is 995. The lowest BCUT2D eigenvalue weighted by atomic mass is 10.0. The maximum atomic E-state index is 12.8. The first-order valence-electron chi connectivity index (χ1n) is 8.33. The van der Waals surface area contributed by atoms with Crippen LogP contribution in [0.5, 0.6) is 5.75 Å². The van der Waals surface area contributed by atoms with E-state index in [2.05, 4.69) is 11.9 Å². The average molecular weight is 379 g/mol. The molecule has 0 aromatic heterocycles. The van der Waals surface area contributed by atoms with Gasteiger partial charge in [-0.2, -0.15) is 0 Å². The third kappa shape index (κ3) is 3.48. The summed E-state index contributed by atoms with van der Waals surface area (Å²) in [7, 11) is 1.52. The van der Waals surface area contributed by atoms with E-state index >= 15 is 0 Å². The van der Waals surface area contributed by atoms with Crippen LogP contribution in [0.4, 0.5) is 11.4 Å². The third-order valence-corrected chi connectivity index (χ3v) is 4.19. The van der Waals surface area contributed by atoms with E-state index in [1.165, 1.54) is 37.5 Å². The molecule has 1 aliphatic rings. The van der Waals surface area contributed by atoms with E-state index in [4.69, 9.17) is 4.74 Å². The summed E-state index contributed by atoms with van der Waals surface area (Å²) in [6, 6.07) is 12.4. The number of ether oxygens (including phenoxy) is 1. The number of rotatable bonds is 7. The van der Waals surface area contributed by atoms with E-state index in [0.717, 1.165) is 4.90 Å². The molecule has 0 unspecified atom stereocenters. The van der Waals surface area contributed by atoms with Crippen molar-refractivity contribution in [2.45, 2.75) is 0 Å². The molecule has 0 saturated heterocycles. The Hall–Kier alpha value is -3.94. The molecule has 0 spiro atoms. The first-order valence-corrected chi connectivity index (χ1v) is 8.33. The fraction of sp³-hybridized carbons (Fsp3) is 0.100. The molecule has 0 aliphatic carbocycles. The molecule has 1 heterocycles. The van der Waals surface area contributed by atoms with Crippen LogP contribution in [0.3, 0.4) is 0 Å². The number of carbonyl (C=O) groups excluding carboxylic acids is 2. The molecule has 0 radical (unpaired) electrons. The summed E-state index contributed by atoms with van der Waals surface area (Å²) in [5.41, 5.74) is 1.10. The van der Waals surface area contributed by atoms with Crippen molar-refractivity contribution in [3.05, 3.63) is 82.6 Å². The summed E-state index contributed by atoms with van der Waals surface area (Å²) in [6.45, 7) is 3.63. The summed E-state index contributed by atoms with van der Waals surface area (Å²) >= 11 is 0. The molecular formula is C20H17N3O5. The zero-order valence-electron chi connectivity index (χ0n) is 15.0. The van der Waals surface area contributed by atoms with E-state index in [9.17, 15) is 19.7 Å². The van der Waals surface area contributed by atoms with Crippen molar-refractivity contribution in [1.82, 2.24) is 4.90 Å². The molecule has 0 bridgehead atoms. The average Bonchev–Trinajstić information content (AvgIpc) is 2.93. The molecule has 0 fully saturated rings. The summed E-state index contributed by atoms with van der Waals surface area (Å²) in [4.78, 5) is 37.1. The van der Waals surface area contributed by atoms with Crippen molar-refractivity contribution in [3.63, 3.8) is 0 Å². The molecule has 8 nitrogen and oxygen atoms in total. The van der Waals surface area contributed by atoms with Crippen LogP contribution in [0, 0.1) is 10.1 Å². The Balaban J connectivity index is 2.07. The largest absolute Gasteiger partial charge is 0.497 e. The molecule has 2 aromatic rings. The van der Waals surface area contributed by atoms with Gasteiger partial charge in [0.25, 0.3) is 17.5 Å². The fourth-order valence-corrected chi connectivity index (χ4v) is 2.85. The number of anilines is 1. The van der Waals surface area contributed by atoms with Gasteiger partial charge in [-0.25, -0.2) is 0 Å². The van der Waals surface area contributed by atoms with Crippen LogP contribution in [-0.4, -0.2) is 35.3 Å². The van der Waals surface area contributed by atoms with Crippen LogP contribution < -0.4 is 10.1 Å². The van der Waals surface area contributed by atoms with E-state index in [-0.39, 0.29) is 23.5 Å². The number of methoxy groups -OCH3 is 1. The molecule has 2 aromatic carbocycles. The topological polar surface area (TPSA) is 102 Å². The highest BCUT2D eigenvalue weighted by atomic mass is 16.6. The Labute approximate surface area is 160 Å². The number of non-ortho nitro benzene ring substituents is 1. The predicted octanol–water partition coefficient (Wildman–Crippen LogP) is 2.98. The number of hydrogen-bond donors (Lipinski definition) is 1. The minimum atomic E-state index is -0.529. The van der Waals surface area contributed by atoms with Gasteiger partial charge < -0.3 is 10.1 Å². The van der Waals surface area contributed by atoms with Crippen molar-refractivity contribution in [3.8, 4) is 5.75 Å².